The van der Waals surface area contributed by atoms with Gasteiger partial charge in [-0.15, -0.1) is 22.7 Å². The number of thiazole rings is 1. The standard InChI is InChI=1S/C27H25N3O5S2/c1-3-33-27(32)30-13-12-16-21(14-30)37-26(22(16)25-28-17-8-4-7-11-20(17)36-25)29-24(31)23-15(2)34-18-9-5-6-10-19(18)35-23/h4-11,15,23H,3,12-14H2,1-2H3,(H,29,31). The van der Waals surface area contributed by atoms with Crippen molar-refractivity contribution in [2.45, 2.75) is 39.0 Å². The van der Waals surface area contributed by atoms with Crippen LogP contribution in [0.4, 0.5) is 9.80 Å². The van der Waals surface area contributed by atoms with Crippen molar-refractivity contribution in [3.05, 3.63) is 59.0 Å². The summed E-state index contributed by atoms with van der Waals surface area (Å²) in [6.07, 6.45) is -0.949. The monoisotopic (exact) mass is 535 g/mol. The number of hydrogen-bond donors (Lipinski definition) is 1. The number of carbonyl (C=O) groups is 2. The van der Waals surface area contributed by atoms with Crippen molar-refractivity contribution < 1.29 is 23.8 Å². The number of thiophene rings is 1. The molecule has 0 saturated carbocycles. The van der Waals surface area contributed by atoms with Crippen LogP contribution >= 0.6 is 22.7 Å². The second kappa shape index (κ2) is 9.68. The van der Waals surface area contributed by atoms with E-state index in [2.05, 4.69) is 5.32 Å². The molecule has 2 atom stereocenters. The van der Waals surface area contributed by atoms with Crippen LogP contribution in [0.25, 0.3) is 20.8 Å². The van der Waals surface area contributed by atoms with E-state index < -0.39 is 12.2 Å². The number of anilines is 1. The average molecular weight is 536 g/mol. The van der Waals surface area contributed by atoms with Crippen molar-refractivity contribution in [3.63, 3.8) is 0 Å². The molecule has 4 heterocycles. The summed E-state index contributed by atoms with van der Waals surface area (Å²) in [4.78, 5) is 33.5. The fourth-order valence-corrected chi connectivity index (χ4v) is 7.03. The molecule has 6 rings (SSSR count). The summed E-state index contributed by atoms with van der Waals surface area (Å²) < 4.78 is 18.3. The van der Waals surface area contributed by atoms with Gasteiger partial charge in [-0.2, -0.15) is 0 Å². The molecule has 0 radical (unpaired) electrons. The van der Waals surface area contributed by atoms with E-state index in [1.165, 1.54) is 11.3 Å². The highest BCUT2D eigenvalue weighted by molar-refractivity contribution is 7.23. The van der Waals surface area contributed by atoms with E-state index in [0.29, 0.717) is 42.6 Å². The van der Waals surface area contributed by atoms with Crippen LogP contribution in [0.5, 0.6) is 11.5 Å². The SMILES string of the molecule is CCOC(=O)N1CCc2c(sc(NC(=O)C3Oc4ccccc4OC3C)c2-c2nc3ccccc3s2)C1. The van der Waals surface area contributed by atoms with Crippen LogP contribution in [0.1, 0.15) is 24.3 Å². The minimum Gasteiger partial charge on any atom is -0.482 e. The number of para-hydroxylation sites is 3. The summed E-state index contributed by atoms with van der Waals surface area (Å²) in [6.45, 7) is 4.93. The molecule has 4 aromatic rings. The van der Waals surface area contributed by atoms with Crippen LogP contribution in [0, 0.1) is 0 Å². The molecule has 2 amide bonds. The van der Waals surface area contributed by atoms with Crippen molar-refractivity contribution in [1.82, 2.24) is 9.88 Å². The van der Waals surface area contributed by atoms with Gasteiger partial charge < -0.3 is 24.4 Å². The highest BCUT2D eigenvalue weighted by Gasteiger charge is 2.36. The Morgan fingerprint density at radius 3 is 2.65 bits per heavy atom. The van der Waals surface area contributed by atoms with Crippen molar-refractivity contribution in [3.8, 4) is 22.1 Å². The normalized spacial score (nSPS) is 18.4. The van der Waals surface area contributed by atoms with Gasteiger partial charge in [-0.25, -0.2) is 9.78 Å². The fourth-order valence-electron chi connectivity index (χ4n) is 4.66. The van der Waals surface area contributed by atoms with E-state index in [4.69, 9.17) is 19.2 Å². The Bertz CT molecular complexity index is 1460. The predicted octanol–water partition coefficient (Wildman–Crippen LogP) is 5.71. The second-order valence-electron chi connectivity index (χ2n) is 8.86. The van der Waals surface area contributed by atoms with E-state index in [0.717, 1.165) is 31.2 Å². The maximum absolute atomic E-state index is 13.5. The molecule has 1 N–H and O–H groups in total. The first-order valence-corrected chi connectivity index (χ1v) is 13.8. The van der Waals surface area contributed by atoms with Gasteiger partial charge in [-0.05, 0) is 50.1 Å². The Balaban J connectivity index is 1.35. The van der Waals surface area contributed by atoms with Gasteiger partial charge in [0.05, 0.1) is 23.4 Å². The lowest BCUT2D eigenvalue weighted by molar-refractivity contribution is -0.127. The molecule has 190 valence electrons. The third-order valence-corrected chi connectivity index (χ3v) is 8.61. The van der Waals surface area contributed by atoms with Crippen molar-refractivity contribution in [1.29, 1.82) is 0 Å². The zero-order chi connectivity index (χ0) is 25.5. The van der Waals surface area contributed by atoms with Crippen LogP contribution in [0.15, 0.2) is 48.5 Å². The summed E-state index contributed by atoms with van der Waals surface area (Å²) in [6, 6.07) is 15.3. The first-order valence-electron chi connectivity index (χ1n) is 12.2. The number of ether oxygens (including phenoxy) is 3. The fraction of sp³-hybridized carbons (Fsp3) is 0.296. The topological polar surface area (TPSA) is 90.0 Å². The summed E-state index contributed by atoms with van der Waals surface area (Å²) in [5.41, 5.74) is 2.94. The third-order valence-electron chi connectivity index (χ3n) is 6.43. The van der Waals surface area contributed by atoms with Gasteiger partial charge in [0.25, 0.3) is 5.91 Å². The summed E-state index contributed by atoms with van der Waals surface area (Å²) in [5.74, 6) is 0.882. The van der Waals surface area contributed by atoms with E-state index in [1.807, 2.05) is 49.4 Å². The Hall–Kier alpha value is -3.63. The molecule has 0 bridgehead atoms. The molecule has 0 fully saturated rings. The second-order valence-corrected chi connectivity index (χ2v) is 11.0. The highest BCUT2D eigenvalue weighted by Crippen LogP contribution is 2.46. The van der Waals surface area contributed by atoms with Crippen LogP contribution in [-0.2, 0) is 22.5 Å². The van der Waals surface area contributed by atoms with Gasteiger partial charge in [0.1, 0.15) is 16.1 Å². The lowest BCUT2D eigenvalue weighted by atomic mass is 10.0. The molecule has 2 aromatic heterocycles. The van der Waals surface area contributed by atoms with Crippen molar-refractivity contribution in [2.24, 2.45) is 0 Å². The largest absolute Gasteiger partial charge is 0.482 e. The molecule has 2 unspecified atom stereocenters. The van der Waals surface area contributed by atoms with Crippen molar-refractivity contribution >= 4 is 49.9 Å². The molecule has 10 heteroatoms. The quantitative estimate of drug-likeness (QED) is 0.360. The predicted molar refractivity (Wildman–Crippen MR) is 144 cm³/mol. The molecule has 2 aliphatic rings. The third kappa shape index (κ3) is 4.40. The zero-order valence-corrected chi connectivity index (χ0v) is 22.0. The van der Waals surface area contributed by atoms with Gasteiger partial charge >= 0.3 is 6.09 Å². The maximum atomic E-state index is 13.5. The number of rotatable bonds is 4. The highest BCUT2D eigenvalue weighted by atomic mass is 32.1. The van der Waals surface area contributed by atoms with Crippen LogP contribution in [0.2, 0.25) is 0 Å². The van der Waals surface area contributed by atoms with Gasteiger partial charge in [0.15, 0.2) is 11.5 Å². The number of carbonyl (C=O) groups excluding carboxylic acids is 2. The smallest absolute Gasteiger partial charge is 0.410 e. The Morgan fingerprint density at radius 2 is 1.86 bits per heavy atom. The lowest BCUT2D eigenvalue weighted by Crippen LogP contribution is -2.46. The van der Waals surface area contributed by atoms with Gasteiger partial charge in [0.2, 0.25) is 6.10 Å². The summed E-state index contributed by atoms with van der Waals surface area (Å²) >= 11 is 3.07. The minimum absolute atomic E-state index is 0.287. The first kappa shape index (κ1) is 23.7. The van der Waals surface area contributed by atoms with Gasteiger partial charge in [-0.1, -0.05) is 24.3 Å². The molecule has 0 saturated heterocycles. The van der Waals surface area contributed by atoms with E-state index in [-0.39, 0.29) is 12.0 Å². The molecular weight excluding hydrogens is 510 g/mol. The van der Waals surface area contributed by atoms with E-state index in [9.17, 15) is 9.59 Å². The average Bonchev–Trinajstić information content (AvgIpc) is 3.48. The number of nitrogens with zero attached hydrogens (tertiary/aromatic N) is 2. The Labute approximate surface area is 221 Å². The summed E-state index contributed by atoms with van der Waals surface area (Å²) in [7, 11) is 0. The molecule has 0 aliphatic carbocycles. The van der Waals surface area contributed by atoms with Gasteiger partial charge in [-0.3, -0.25) is 4.79 Å². The van der Waals surface area contributed by atoms with Gasteiger partial charge in [0, 0.05) is 17.0 Å². The van der Waals surface area contributed by atoms with E-state index in [1.54, 1.807) is 29.2 Å². The van der Waals surface area contributed by atoms with E-state index >= 15 is 0 Å². The Kier molecular flexibility index (Phi) is 6.21. The number of nitrogens with one attached hydrogen (secondary N) is 1. The molecule has 0 spiro atoms. The number of hydrogen-bond acceptors (Lipinski definition) is 8. The van der Waals surface area contributed by atoms with Crippen LogP contribution < -0.4 is 14.8 Å². The molecule has 8 nitrogen and oxygen atoms in total. The molecule has 37 heavy (non-hydrogen) atoms. The first-order chi connectivity index (χ1) is 18.0. The van der Waals surface area contributed by atoms with Crippen LogP contribution in [-0.4, -0.2) is 47.2 Å². The molecular formula is C27H25N3O5S2. The number of benzene rings is 2. The number of aromatic nitrogens is 1. The zero-order valence-electron chi connectivity index (χ0n) is 20.4. The molecule has 2 aromatic carbocycles. The summed E-state index contributed by atoms with van der Waals surface area (Å²) in [5, 5.41) is 4.67. The van der Waals surface area contributed by atoms with Crippen molar-refractivity contribution in [2.75, 3.05) is 18.5 Å². The van der Waals surface area contributed by atoms with Crippen LogP contribution in [0.3, 0.4) is 0 Å². The number of amides is 2. The Morgan fingerprint density at radius 1 is 1.11 bits per heavy atom. The lowest BCUT2D eigenvalue weighted by Gasteiger charge is -2.30. The molecule has 2 aliphatic heterocycles. The maximum Gasteiger partial charge on any atom is 0.410 e. The minimum atomic E-state index is -0.812. The number of fused-ring (bicyclic) bond motifs is 3.